The highest BCUT2D eigenvalue weighted by Crippen LogP contribution is 2.50. The summed E-state index contributed by atoms with van der Waals surface area (Å²) in [5, 5.41) is 22.0. The summed E-state index contributed by atoms with van der Waals surface area (Å²) in [4.78, 5) is 37.1. The Balaban J connectivity index is 0.475. The molecule has 0 bridgehead atoms. The molecule has 0 aliphatic carbocycles. The average molecular weight is 1740 g/mol. The Morgan fingerprint density at radius 1 is 0.292 bits per heavy atom. The van der Waals surface area contributed by atoms with Crippen LogP contribution in [0.2, 0.25) is 0 Å². The van der Waals surface area contributed by atoms with E-state index in [9.17, 15) is 9.59 Å². The van der Waals surface area contributed by atoms with Crippen LogP contribution < -0.4 is 20.2 Å². The number of hydrogen-bond donors (Lipinski definition) is 0. The third-order valence-electron chi connectivity index (χ3n) is 24.9. The second-order valence-electron chi connectivity index (χ2n) is 40.3. The Kier molecular flexibility index (Phi) is 27.3. The molecule has 2 aliphatic rings. The number of hydrogen-bond acceptors (Lipinski definition) is 16. The first-order chi connectivity index (χ1) is 62.0. The summed E-state index contributed by atoms with van der Waals surface area (Å²) in [6.45, 7) is 44.6. The normalized spacial score (nSPS) is 12.8. The Labute approximate surface area is 765 Å². The van der Waals surface area contributed by atoms with Crippen molar-refractivity contribution < 1.29 is 47.5 Å². The van der Waals surface area contributed by atoms with E-state index in [1.807, 2.05) is 42.7 Å². The Morgan fingerprint density at radius 2 is 0.585 bits per heavy atom. The van der Waals surface area contributed by atoms with E-state index in [1.54, 1.807) is 27.6 Å². The monoisotopic (exact) mass is 1740 g/mol. The van der Waals surface area contributed by atoms with Crippen molar-refractivity contribution in [3.63, 3.8) is 0 Å². The minimum atomic E-state index is -0.642. The highest BCUT2D eigenvalue weighted by molar-refractivity contribution is 5.90. The van der Waals surface area contributed by atoms with Crippen LogP contribution in [0.4, 0.5) is 11.4 Å². The summed E-state index contributed by atoms with van der Waals surface area (Å²) >= 11 is 0. The van der Waals surface area contributed by atoms with Gasteiger partial charge in [-0.05, 0) is 153 Å². The molecule has 0 radical (unpaired) electrons. The summed E-state index contributed by atoms with van der Waals surface area (Å²) < 4.78 is 51.0. The van der Waals surface area contributed by atoms with E-state index >= 15 is 0 Å². The van der Waals surface area contributed by atoms with Gasteiger partial charge in [-0.1, -0.05) is 335 Å². The summed E-state index contributed by atoms with van der Waals surface area (Å²) in [5.74, 6) is 0.438. The van der Waals surface area contributed by atoms with Crippen LogP contribution in [-0.4, -0.2) is 108 Å². The van der Waals surface area contributed by atoms with E-state index in [-0.39, 0.29) is 72.1 Å². The number of esters is 2. The van der Waals surface area contributed by atoms with Crippen molar-refractivity contribution in [3.05, 3.63) is 387 Å². The smallest absolute Gasteiger partial charge is 0.340 e. The lowest BCUT2D eigenvalue weighted by molar-refractivity contribution is 0.0129. The molecule has 11 aromatic carbocycles. The number of para-hydroxylation sites is 1. The van der Waals surface area contributed by atoms with E-state index in [1.165, 1.54) is 66.8 Å². The topological polar surface area (TPSA) is 194 Å². The molecule has 130 heavy (non-hydrogen) atoms. The van der Waals surface area contributed by atoms with Crippen molar-refractivity contribution in [3.8, 4) is 11.5 Å². The van der Waals surface area contributed by atoms with Crippen molar-refractivity contribution in [2.24, 2.45) is 9.98 Å². The predicted molar refractivity (Wildman–Crippen MR) is 511 cm³/mol. The Bertz CT molecular complexity index is 6210. The van der Waals surface area contributed by atoms with Gasteiger partial charge in [-0.3, -0.25) is 0 Å². The quantitative estimate of drug-likeness (QED) is 0.0210. The van der Waals surface area contributed by atoms with E-state index in [0.29, 0.717) is 97.3 Å². The molecular formula is C112H124N8O10. The SMILES string of the molecule is CC(C)(C)c1ccc(C(c2ccc(OCc3cn(CCOCCOCCOC(=O)c4ccc5c(c4)=Nc4c6c(ccc4=5)=c4cccc(C(=O)OCCOCCOCCn5cc(COc7ccc(C(c8ccc(C(C)(C)C)cc8)(c8ccc(C(C)(C)C)cc8)c8ccc(C(C)(C)C)cc8)cc7)nn5)c4=N6)nn3)cc2)(c2ccc(C(C)(C)C)cc2)c2ccc(C(C)(C)C)cc2)cc1. The first kappa shape index (κ1) is 92.4. The van der Waals surface area contributed by atoms with Gasteiger partial charge in [0.2, 0.25) is 0 Å². The van der Waals surface area contributed by atoms with Crippen LogP contribution >= 0.6 is 0 Å². The molecule has 0 saturated carbocycles. The average Bonchev–Trinajstić information content (AvgIpc) is 1.13. The van der Waals surface area contributed by atoms with Gasteiger partial charge in [-0.2, -0.15) is 0 Å². The molecule has 0 spiro atoms. The molecule has 15 rings (SSSR count). The molecule has 13 aromatic rings. The number of fused-ring (bicyclic) bond motifs is 5. The Hall–Kier alpha value is -12.3. The van der Waals surface area contributed by atoms with E-state index in [0.717, 1.165) is 43.5 Å². The number of ether oxygens (including phenoxy) is 8. The van der Waals surface area contributed by atoms with Crippen LogP contribution in [0.25, 0.3) is 0 Å². The summed E-state index contributed by atoms with van der Waals surface area (Å²) in [6.07, 6.45) is 3.74. The number of rotatable bonds is 34. The van der Waals surface area contributed by atoms with Gasteiger partial charge in [0.15, 0.2) is 0 Å². The molecule has 672 valence electrons. The molecular weight excluding hydrogens is 1620 g/mol. The third-order valence-corrected chi connectivity index (χ3v) is 24.9. The minimum absolute atomic E-state index is 0.000238. The molecule has 0 unspecified atom stereocenters. The number of carbonyl (C=O) groups excluding carboxylic acids is 2. The number of carbonyl (C=O) groups is 2. The Morgan fingerprint density at radius 3 is 0.931 bits per heavy atom. The molecule has 18 heteroatoms. The third kappa shape index (κ3) is 20.6. The van der Waals surface area contributed by atoms with Gasteiger partial charge in [0.05, 0.1) is 122 Å². The summed E-state index contributed by atoms with van der Waals surface area (Å²) in [5.41, 5.74) is 19.2. The van der Waals surface area contributed by atoms with Gasteiger partial charge in [-0.25, -0.2) is 28.9 Å². The highest BCUT2D eigenvalue weighted by Gasteiger charge is 2.42. The lowest BCUT2D eigenvalue weighted by Crippen LogP contribution is -2.31. The van der Waals surface area contributed by atoms with E-state index < -0.39 is 22.8 Å². The van der Waals surface area contributed by atoms with E-state index in [2.05, 4.69) is 339 Å². The molecule has 0 N–H and O–H groups in total. The fraction of sp³-hybridized carbons (Fsp3) is 0.357. The van der Waals surface area contributed by atoms with Crippen LogP contribution in [0.5, 0.6) is 11.5 Å². The molecule has 0 saturated heterocycles. The molecule has 2 aromatic heterocycles. The second-order valence-corrected chi connectivity index (χ2v) is 40.3. The first-order valence-corrected chi connectivity index (χ1v) is 45.5. The number of aromatic nitrogens is 6. The molecule has 4 heterocycles. The van der Waals surface area contributed by atoms with Crippen LogP contribution in [0.15, 0.2) is 265 Å². The standard InChI is InChI=1S/C112H124N8O10/c1-105(2,3)76-23-35-82(36-24-76)111(83-37-25-77(26-38-83)106(4,5)6,84-39-27-78(28-40-84)107(7,8)9)88-47-51-92(52-48-88)129-73-90-71-119(117-115-90)58-60-123-62-64-125-66-68-127-103(121)75-22-55-94-96-56-57-97-95-20-19-21-98(100(95)114-102(97)101(96)113-99(94)70-75)104(122)128-69-67-126-65-63-124-61-59-120-72-91(116-118-120)74-130-93-53-49-89(50-54-93)112(85-41-29-79(30-42-85)108(10,11)12,86-43-31-80(32-44-86)109(13,14)15)87-45-33-81(34-46-87)110(16,17)18/h19-57,70-72H,58-69,73-74H2,1-18H3. The number of benzene rings is 11. The zero-order chi connectivity index (χ0) is 92.0. The van der Waals surface area contributed by atoms with Gasteiger partial charge in [0, 0.05) is 20.9 Å². The molecule has 0 fully saturated rings. The first-order valence-electron chi connectivity index (χ1n) is 45.5. The van der Waals surface area contributed by atoms with E-state index in [4.69, 9.17) is 47.9 Å². The van der Waals surface area contributed by atoms with Gasteiger partial charge < -0.3 is 37.9 Å². The maximum Gasteiger partial charge on any atom is 0.340 e. The van der Waals surface area contributed by atoms with Crippen LogP contribution in [0.1, 0.15) is 235 Å². The predicted octanol–water partition coefficient (Wildman–Crippen LogP) is 21.5. The lowest BCUT2D eigenvalue weighted by Gasteiger charge is -2.38. The fourth-order valence-corrected chi connectivity index (χ4v) is 17.3. The molecule has 0 atom stereocenters. The van der Waals surface area contributed by atoms with Gasteiger partial charge in [-0.15, -0.1) is 10.2 Å². The molecule has 0 amide bonds. The van der Waals surface area contributed by atoms with Crippen LogP contribution in [0.3, 0.4) is 0 Å². The van der Waals surface area contributed by atoms with Crippen molar-refractivity contribution >= 4 is 23.3 Å². The maximum absolute atomic E-state index is 13.7. The van der Waals surface area contributed by atoms with Gasteiger partial charge >= 0.3 is 11.9 Å². The summed E-state index contributed by atoms with van der Waals surface area (Å²) in [7, 11) is 0. The second kappa shape index (κ2) is 38.4. The van der Waals surface area contributed by atoms with Crippen molar-refractivity contribution in [1.29, 1.82) is 0 Å². The van der Waals surface area contributed by atoms with Crippen LogP contribution in [-0.2, 0) is 98.0 Å². The largest absolute Gasteiger partial charge is 0.487 e. The van der Waals surface area contributed by atoms with Crippen molar-refractivity contribution in [2.45, 2.75) is 194 Å². The highest BCUT2D eigenvalue weighted by atomic mass is 16.6. The van der Waals surface area contributed by atoms with Crippen molar-refractivity contribution in [2.75, 3.05) is 66.1 Å². The zero-order valence-corrected chi connectivity index (χ0v) is 78.8. The lowest BCUT2D eigenvalue weighted by atomic mass is 9.64. The van der Waals surface area contributed by atoms with Gasteiger partial charge in [0.25, 0.3) is 0 Å². The molecule has 18 nitrogen and oxygen atoms in total. The zero-order valence-electron chi connectivity index (χ0n) is 78.8. The van der Waals surface area contributed by atoms with Crippen molar-refractivity contribution in [1.82, 2.24) is 30.0 Å². The van der Waals surface area contributed by atoms with Gasteiger partial charge in [0.1, 0.15) is 49.3 Å². The minimum Gasteiger partial charge on any atom is -0.487 e. The maximum atomic E-state index is 13.7. The summed E-state index contributed by atoms with van der Waals surface area (Å²) in [6, 6.07) is 87.0. The molecule has 2 aliphatic heterocycles. The fourth-order valence-electron chi connectivity index (χ4n) is 17.3. The van der Waals surface area contributed by atoms with Crippen LogP contribution in [0, 0.1) is 20.9 Å². The number of nitrogens with zero attached hydrogens (tertiary/aromatic N) is 8.